The molecule has 1 rings (SSSR count). The summed E-state index contributed by atoms with van der Waals surface area (Å²) in [6.45, 7) is 4.20. The summed E-state index contributed by atoms with van der Waals surface area (Å²) in [5, 5.41) is 9.33. The van der Waals surface area contributed by atoms with Gasteiger partial charge in [-0.25, -0.2) is 0 Å². The fraction of sp³-hybridized carbons (Fsp3) is 0.923. The quantitative estimate of drug-likeness (QED) is 0.653. The van der Waals surface area contributed by atoms with Crippen molar-refractivity contribution in [2.24, 2.45) is 11.3 Å². The average molecular weight is 225 g/mol. The van der Waals surface area contributed by atoms with Gasteiger partial charge in [-0.3, -0.25) is 0 Å². The Hall–Kier alpha value is -0.590. The van der Waals surface area contributed by atoms with Gasteiger partial charge in [0.2, 0.25) is 0 Å². The van der Waals surface area contributed by atoms with Gasteiger partial charge in [-0.05, 0) is 25.2 Å². The third-order valence-electron chi connectivity index (χ3n) is 3.49. The molecule has 3 nitrogen and oxygen atoms in total. The molecule has 16 heavy (non-hydrogen) atoms. The lowest BCUT2D eigenvalue weighted by Gasteiger charge is -2.34. The molecular weight excluding hydrogens is 202 g/mol. The summed E-state index contributed by atoms with van der Waals surface area (Å²) >= 11 is 0. The Morgan fingerprint density at radius 3 is 2.81 bits per heavy atom. The van der Waals surface area contributed by atoms with Crippen molar-refractivity contribution in [1.82, 2.24) is 0 Å². The Labute approximate surface area is 98.7 Å². The third kappa shape index (κ3) is 4.11. The van der Waals surface area contributed by atoms with Crippen LogP contribution < -0.4 is 0 Å². The fourth-order valence-electron chi connectivity index (χ4n) is 2.56. The summed E-state index contributed by atoms with van der Waals surface area (Å²) in [7, 11) is 1.67. The molecule has 0 saturated heterocycles. The van der Waals surface area contributed by atoms with Crippen molar-refractivity contribution in [3.8, 4) is 6.07 Å². The van der Waals surface area contributed by atoms with Gasteiger partial charge in [0.05, 0.1) is 24.7 Å². The second kappa shape index (κ2) is 6.88. The number of nitriles is 1. The van der Waals surface area contributed by atoms with E-state index in [4.69, 9.17) is 9.47 Å². The predicted molar refractivity (Wildman–Crippen MR) is 63.0 cm³/mol. The first-order valence-electron chi connectivity index (χ1n) is 6.20. The van der Waals surface area contributed by atoms with Crippen LogP contribution in [0, 0.1) is 22.7 Å². The summed E-state index contributed by atoms with van der Waals surface area (Å²) in [5.41, 5.74) is -0.120. The number of rotatable bonds is 6. The van der Waals surface area contributed by atoms with Gasteiger partial charge in [0.15, 0.2) is 0 Å². The summed E-state index contributed by atoms with van der Waals surface area (Å²) in [4.78, 5) is 0. The molecule has 1 saturated carbocycles. The van der Waals surface area contributed by atoms with Crippen molar-refractivity contribution in [2.45, 2.75) is 39.0 Å². The fourth-order valence-corrected chi connectivity index (χ4v) is 2.56. The standard InChI is InChI=1S/C13H23NO2/c1-12-4-3-5-13(10-12,11-14)6-7-16-9-8-15-2/h12H,3-10H2,1-2H3. The van der Waals surface area contributed by atoms with Crippen LogP contribution >= 0.6 is 0 Å². The van der Waals surface area contributed by atoms with Crippen LogP contribution in [0.25, 0.3) is 0 Å². The number of methoxy groups -OCH3 is 1. The van der Waals surface area contributed by atoms with Crippen molar-refractivity contribution >= 4 is 0 Å². The minimum absolute atomic E-state index is 0.120. The van der Waals surface area contributed by atoms with Crippen LogP contribution in [0.5, 0.6) is 0 Å². The minimum Gasteiger partial charge on any atom is -0.382 e. The van der Waals surface area contributed by atoms with E-state index >= 15 is 0 Å². The van der Waals surface area contributed by atoms with Crippen LogP contribution in [0.1, 0.15) is 39.0 Å². The number of nitrogens with zero attached hydrogens (tertiary/aromatic N) is 1. The molecule has 0 aliphatic heterocycles. The van der Waals surface area contributed by atoms with Crippen LogP contribution in [0.4, 0.5) is 0 Å². The van der Waals surface area contributed by atoms with Gasteiger partial charge in [-0.15, -0.1) is 0 Å². The molecule has 0 radical (unpaired) electrons. The maximum Gasteiger partial charge on any atom is 0.0700 e. The van der Waals surface area contributed by atoms with Crippen molar-refractivity contribution in [2.75, 3.05) is 26.9 Å². The second-order valence-corrected chi connectivity index (χ2v) is 4.95. The smallest absolute Gasteiger partial charge is 0.0700 e. The van der Waals surface area contributed by atoms with Gasteiger partial charge in [-0.1, -0.05) is 19.8 Å². The molecule has 0 aromatic heterocycles. The van der Waals surface area contributed by atoms with E-state index in [2.05, 4.69) is 13.0 Å². The predicted octanol–water partition coefficient (Wildman–Crippen LogP) is 2.76. The van der Waals surface area contributed by atoms with Crippen LogP contribution in [0.2, 0.25) is 0 Å². The molecular formula is C13H23NO2. The van der Waals surface area contributed by atoms with Crippen molar-refractivity contribution in [3.05, 3.63) is 0 Å². The topological polar surface area (TPSA) is 42.2 Å². The molecule has 1 aliphatic carbocycles. The van der Waals surface area contributed by atoms with Crippen LogP contribution in [-0.2, 0) is 9.47 Å². The number of hydrogen-bond donors (Lipinski definition) is 0. The molecule has 2 atom stereocenters. The molecule has 2 unspecified atom stereocenters. The molecule has 0 bridgehead atoms. The maximum absolute atomic E-state index is 9.33. The minimum atomic E-state index is -0.120. The Morgan fingerprint density at radius 2 is 2.19 bits per heavy atom. The molecule has 0 aromatic carbocycles. The first kappa shape index (κ1) is 13.5. The van der Waals surface area contributed by atoms with Crippen molar-refractivity contribution in [3.63, 3.8) is 0 Å². The van der Waals surface area contributed by atoms with E-state index in [-0.39, 0.29) is 5.41 Å². The van der Waals surface area contributed by atoms with Crippen molar-refractivity contribution in [1.29, 1.82) is 5.26 Å². The molecule has 1 fully saturated rings. The molecule has 0 amide bonds. The van der Waals surface area contributed by atoms with E-state index in [1.54, 1.807) is 7.11 Å². The van der Waals surface area contributed by atoms with E-state index in [9.17, 15) is 5.26 Å². The highest BCUT2D eigenvalue weighted by atomic mass is 16.5. The first-order valence-corrected chi connectivity index (χ1v) is 6.20. The van der Waals surface area contributed by atoms with Gasteiger partial charge in [0, 0.05) is 13.7 Å². The Morgan fingerprint density at radius 1 is 1.38 bits per heavy atom. The lowest BCUT2D eigenvalue weighted by atomic mass is 9.69. The number of hydrogen-bond acceptors (Lipinski definition) is 3. The van der Waals surface area contributed by atoms with E-state index in [1.807, 2.05) is 0 Å². The van der Waals surface area contributed by atoms with Crippen molar-refractivity contribution < 1.29 is 9.47 Å². The second-order valence-electron chi connectivity index (χ2n) is 4.95. The van der Waals surface area contributed by atoms with E-state index in [0.29, 0.717) is 25.7 Å². The molecule has 0 aromatic rings. The molecule has 0 spiro atoms. The Kier molecular flexibility index (Phi) is 5.79. The summed E-state index contributed by atoms with van der Waals surface area (Å²) in [5.74, 6) is 0.687. The van der Waals surface area contributed by atoms with Gasteiger partial charge >= 0.3 is 0 Å². The van der Waals surface area contributed by atoms with E-state index < -0.39 is 0 Å². The molecule has 0 N–H and O–H groups in total. The van der Waals surface area contributed by atoms with E-state index in [0.717, 1.165) is 19.3 Å². The zero-order chi connectivity index (χ0) is 11.9. The highest BCUT2D eigenvalue weighted by Crippen LogP contribution is 2.41. The third-order valence-corrected chi connectivity index (χ3v) is 3.49. The van der Waals surface area contributed by atoms with E-state index in [1.165, 1.54) is 12.8 Å². The van der Waals surface area contributed by atoms with Gasteiger partial charge in [0.1, 0.15) is 0 Å². The highest BCUT2D eigenvalue weighted by Gasteiger charge is 2.34. The summed E-state index contributed by atoms with van der Waals surface area (Å²) in [6.07, 6.45) is 5.41. The molecule has 3 heteroatoms. The normalized spacial score (nSPS) is 29.9. The Balaban J connectivity index is 2.28. The zero-order valence-corrected chi connectivity index (χ0v) is 10.5. The highest BCUT2D eigenvalue weighted by molar-refractivity contribution is 5.01. The van der Waals surface area contributed by atoms with Gasteiger partial charge in [0.25, 0.3) is 0 Å². The Bertz CT molecular complexity index is 237. The lowest BCUT2D eigenvalue weighted by Crippen LogP contribution is -2.28. The maximum atomic E-state index is 9.33. The molecule has 0 heterocycles. The first-order chi connectivity index (χ1) is 7.72. The largest absolute Gasteiger partial charge is 0.382 e. The lowest BCUT2D eigenvalue weighted by molar-refractivity contribution is 0.0496. The van der Waals surface area contributed by atoms with Crippen LogP contribution in [0.15, 0.2) is 0 Å². The monoisotopic (exact) mass is 225 g/mol. The van der Waals surface area contributed by atoms with Gasteiger partial charge in [-0.2, -0.15) is 5.26 Å². The van der Waals surface area contributed by atoms with Crippen LogP contribution in [-0.4, -0.2) is 26.9 Å². The average Bonchev–Trinajstić information content (AvgIpc) is 2.29. The zero-order valence-electron chi connectivity index (χ0n) is 10.5. The summed E-state index contributed by atoms with van der Waals surface area (Å²) in [6, 6.07) is 2.53. The van der Waals surface area contributed by atoms with Gasteiger partial charge < -0.3 is 9.47 Å². The summed E-state index contributed by atoms with van der Waals surface area (Å²) < 4.78 is 10.4. The number of ether oxygens (including phenoxy) is 2. The SMILES string of the molecule is COCCOCCC1(C#N)CCCC(C)C1. The molecule has 1 aliphatic rings. The molecule has 92 valence electrons. The van der Waals surface area contributed by atoms with Crippen LogP contribution in [0.3, 0.4) is 0 Å².